The first-order valence-corrected chi connectivity index (χ1v) is 9.38. The van der Waals surface area contributed by atoms with Crippen LogP contribution in [0, 0.1) is 11.6 Å². The van der Waals surface area contributed by atoms with E-state index < -0.39 is 33.6 Å². The number of benzene rings is 3. The smallest absolute Gasteiger partial charge is 0.344 e. The van der Waals surface area contributed by atoms with Gasteiger partial charge in [-0.25, -0.2) is 17.2 Å². The fourth-order valence-electron chi connectivity index (χ4n) is 1.99. The molecule has 0 aromatic heterocycles. The van der Waals surface area contributed by atoms with E-state index in [2.05, 4.69) is 4.74 Å². The van der Waals surface area contributed by atoms with Crippen molar-refractivity contribution in [2.45, 2.75) is 9.79 Å². The first-order chi connectivity index (χ1) is 13.7. The largest absolute Gasteiger partial charge is 0.428 e. The lowest BCUT2D eigenvalue weighted by atomic mass is 10.3. The summed E-state index contributed by atoms with van der Waals surface area (Å²) in [4.78, 5) is -0.0454. The molecule has 3 aromatic carbocycles. The predicted octanol–water partition coefficient (Wildman–Crippen LogP) is 5.90. The van der Waals surface area contributed by atoms with Crippen LogP contribution in [-0.4, -0.2) is 8.42 Å². The number of ether oxygens (including phenoxy) is 1. The fraction of sp³-hybridized carbons (Fsp3) is 0. The molecule has 152 valence electrons. The van der Waals surface area contributed by atoms with Gasteiger partial charge in [-0.3, -0.25) is 0 Å². The van der Waals surface area contributed by atoms with E-state index in [9.17, 15) is 30.4 Å². The highest BCUT2D eigenvalue weighted by Crippen LogP contribution is 2.21. The second kappa shape index (κ2) is 9.83. The van der Waals surface area contributed by atoms with Gasteiger partial charge in [0.15, 0.2) is 0 Å². The Morgan fingerprint density at radius 2 is 1.07 bits per heavy atom. The van der Waals surface area contributed by atoms with Gasteiger partial charge in [0.1, 0.15) is 17.4 Å². The molecular formula is C20H13F5O3S. The van der Waals surface area contributed by atoms with Crippen LogP contribution in [0.5, 0.6) is 5.75 Å². The summed E-state index contributed by atoms with van der Waals surface area (Å²) in [6.07, 6.45) is -2.46. The van der Waals surface area contributed by atoms with Crippen LogP contribution in [0.3, 0.4) is 0 Å². The molecule has 3 aromatic rings. The molecule has 0 heterocycles. The maximum Gasteiger partial charge on any atom is 0.344 e. The molecule has 0 saturated heterocycles. The molecule has 0 N–H and O–H groups in total. The quantitative estimate of drug-likeness (QED) is 0.295. The molecule has 0 aliphatic rings. The van der Waals surface area contributed by atoms with Gasteiger partial charge in [0.25, 0.3) is 0 Å². The summed E-state index contributed by atoms with van der Waals surface area (Å²) in [5.41, 5.74) is 0. The van der Waals surface area contributed by atoms with Crippen molar-refractivity contribution >= 4 is 9.84 Å². The van der Waals surface area contributed by atoms with Gasteiger partial charge in [-0.15, -0.1) is 0 Å². The highest BCUT2D eigenvalue weighted by Gasteiger charge is 2.17. The van der Waals surface area contributed by atoms with E-state index in [0.717, 1.165) is 24.3 Å². The summed E-state index contributed by atoms with van der Waals surface area (Å²) >= 11 is 0. The minimum atomic E-state index is -3.71. The van der Waals surface area contributed by atoms with Crippen LogP contribution >= 0.6 is 0 Å². The molecule has 3 rings (SSSR count). The average molecular weight is 428 g/mol. The predicted molar refractivity (Wildman–Crippen MR) is 95.7 cm³/mol. The molecular weight excluding hydrogens is 415 g/mol. The third kappa shape index (κ3) is 6.42. The van der Waals surface area contributed by atoms with Gasteiger partial charge in [0.05, 0.1) is 9.79 Å². The Balaban J connectivity index is 0.000000221. The molecule has 0 bridgehead atoms. The molecule has 0 saturated carbocycles. The third-order valence-corrected chi connectivity index (χ3v) is 5.13. The summed E-state index contributed by atoms with van der Waals surface area (Å²) in [6, 6.07) is 14.6. The van der Waals surface area contributed by atoms with Crippen molar-refractivity contribution in [2.24, 2.45) is 0 Å². The van der Waals surface area contributed by atoms with Crippen LogP contribution in [0.4, 0.5) is 22.0 Å². The van der Waals surface area contributed by atoms with E-state index in [4.69, 9.17) is 0 Å². The first kappa shape index (κ1) is 22.1. The molecule has 0 atom stereocenters. The van der Waals surface area contributed by atoms with Crippen molar-refractivity contribution in [3.8, 4) is 5.75 Å². The monoisotopic (exact) mass is 428 g/mol. The highest BCUT2D eigenvalue weighted by molar-refractivity contribution is 7.91. The molecule has 29 heavy (non-hydrogen) atoms. The number of hydrogen-bond acceptors (Lipinski definition) is 3. The third-order valence-electron chi connectivity index (χ3n) is 3.35. The Kier molecular flexibility index (Phi) is 7.49. The van der Waals surface area contributed by atoms with E-state index in [0.29, 0.717) is 0 Å². The van der Waals surface area contributed by atoms with E-state index in [-0.39, 0.29) is 15.5 Å². The second-order valence-electron chi connectivity index (χ2n) is 5.36. The van der Waals surface area contributed by atoms with E-state index in [1.165, 1.54) is 36.4 Å². The summed E-state index contributed by atoms with van der Waals surface area (Å²) in [7, 11) is -3.71. The van der Waals surface area contributed by atoms with Crippen molar-refractivity contribution in [1.82, 2.24) is 0 Å². The van der Waals surface area contributed by atoms with E-state index in [1.807, 2.05) is 0 Å². The minimum Gasteiger partial charge on any atom is -0.428 e. The number of para-hydroxylation sites is 1. The molecule has 0 aliphatic carbocycles. The lowest BCUT2D eigenvalue weighted by molar-refractivity contribution is 0.241. The zero-order valence-corrected chi connectivity index (χ0v) is 15.3. The second-order valence-corrected chi connectivity index (χ2v) is 7.31. The van der Waals surface area contributed by atoms with Gasteiger partial charge in [-0.05, 0) is 60.7 Å². The van der Waals surface area contributed by atoms with Gasteiger partial charge in [-0.1, -0.05) is 18.2 Å². The van der Waals surface area contributed by atoms with Crippen LogP contribution in [0.15, 0.2) is 101 Å². The van der Waals surface area contributed by atoms with Crippen molar-refractivity contribution in [2.75, 3.05) is 0 Å². The zero-order valence-electron chi connectivity index (χ0n) is 14.5. The summed E-state index contributed by atoms with van der Waals surface area (Å²) in [5.74, 6) is -0.978. The molecule has 0 spiro atoms. The van der Waals surface area contributed by atoms with Gasteiger partial charge in [0.2, 0.25) is 9.84 Å². The lowest BCUT2D eigenvalue weighted by Crippen LogP contribution is -2.01. The summed E-state index contributed by atoms with van der Waals surface area (Å²) in [5, 5.41) is 0. The molecule has 9 heteroatoms. The van der Waals surface area contributed by atoms with Crippen LogP contribution in [0.1, 0.15) is 0 Å². The lowest BCUT2D eigenvalue weighted by Gasteiger charge is -2.04. The van der Waals surface area contributed by atoms with Crippen molar-refractivity contribution < 1.29 is 35.1 Å². The van der Waals surface area contributed by atoms with E-state index >= 15 is 0 Å². The van der Waals surface area contributed by atoms with Crippen LogP contribution in [-0.2, 0) is 9.84 Å². The average Bonchev–Trinajstić information content (AvgIpc) is 2.70. The van der Waals surface area contributed by atoms with E-state index in [1.54, 1.807) is 18.2 Å². The Morgan fingerprint density at radius 1 is 0.655 bits per heavy atom. The van der Waals surface area contributed by atoms with Gasteiger partial charge in [0, 0.05) is 0 Å². The number of rotatable bonds is 4. The molecule has 0 radical (unpaired) electrons. The first-order valence-electron chi connectivity index (χ1n) is 7.90. The standard InChI is InChI=1S/C12H8F2O2S.C8H5F3O/c13-9-1-5-11(6-2-9)17(15,16)12-7-3-10(14)4-8-12;9-7(10)8(11)12-6-4-2-1-3-5-6/h1-8H;1-5H. The van der Waals surface area contributed by atoms with Crippen molar-refractivity contribution in [3.05, 3.63) is 103 Å². The normalized spacial score (nSPS) is 10.5. The van der Waals surface area contributed by atoms with Crippen LogP contribution < -0.4 is 4.74 Å². The zero-order chi connectivity index (χ0) is 21.4. The molecule has 0 amide bonds. The summed E-state index contributed by atoms with van der Waals surface area (Å²) in [6.45, 7) is 0. The van der Waals surface area contributed by atoms with Crippen LogP contribution in [0.2, 0.25) is 0 Å². The van der Waals surface area contributed by atoms with Gasteiger partial charge < -0.3 is 4.74 Å². The topological polar surface area (TPSA) is 43.4 Å². The van der Waals surface area contributed by atoms with Crippen molar-refractivity contribution in [1.29, 1.82) is 0 Å². The highest BCUT2D eigenvalue weighted by atomic mass is 32.2. The Hall–Kier alpha value is -3.20. The minimum absolute atomic E-state index is 0.0227. The maximum atomic E-state index is 12.7. The Bertz CT molecular complexity index is 1010. The fourth-order valence-corrected chi connectivity index (χ4v) is 3.26. The Labute approximate surface area is 163 Å². The van der Waals surface area contributed by atoms with Gasteiger partial charge in [-0.2, -0.15) is 13.2 Å². The van der Waals surface area contributed by atoms with Crippen molar-refractivity contribution in [3.63, 3.8) is 0 Å². The Morgan fingerprint density at radius 3 is 1.45 bits per heavy atom. The number of hydrogen-bond donors (Lipinski definition) is 0. The molecule has 0 aliphatic heterocycles. The van der Waals surface area contributed by atoms with Gasteiger partial charge >= 0.3 is 12.1 Å². The maximum absolute atomic E-state index is 12.7. The molecule has 3 nitrogen and oxygen atoms in total. The molecule has 0 unspecified atom stereocenters. The summed E-state index contributed by atoms with van der Waals surface area (Å²) < 4.78 is 88.6. The number of sulfone groups is 1. The molecule has 0 fully saturated rings. The van der Waals surface area contributed by atoms with Crippen LogP contribution in [0.25, 0.3) is 0 Å². The SMILES string of the molecule is FC(F)=C(F)Oc1ccccc1.O=S(=O)(c1ccc(F)cc1)c1ccc(F)cc1. The number of halogens is 5.